The number of nitrogens with one attached hydrogen (secondary N) is 1. The van der Waals surface area contributed by atoms with E-state index < -0.39 is 11.4 Å². The van der Waals surface area contributed by atoms with E-state index in [0.29, 0.717) is 5.75 Å². The van der Waals surface area contributed by atoms with Crippen molar-refractivity contribution in [2.45, 2.75) is 52.6 Å². The lowest BCUT2D eigenvalue weighted by Gasteiger charge is -2.31. The number of carbonyl (C=O) groups is 1. The van der Waals surface area contributed by atoms with Crippen LogP contribution in [0.3, 0.4) is 0 Å². The van der Waals surface area contributed by atoms with Crippen LogP contribution in [-0.2, 0) is 11.2 Å². The lowest BCUT2D eigenvalue weighted by atomic mass is 10.1. The van der Waals surface area contributed by atoms with Gasteiger partial charge in [-0.25, -0.2) is 18.9 Å². The number of aryl methyl sites for hydroxylation is 1. The summed E-state index contributed by atoms with van der Waals surface area (Å²) in [4.78, 5) is 35.6. The van der Waals surface area contributed by atoms with Crippen molar-refractivity contribution in [3.05, 3.63) is 70.7 Å². The van der Waals surface area contributed by atoms with E-state index in [1.165, 1.54) is 24.3 Å². The quantitative estimate of drug-likeness (QED) is 0.513. The molecule has 3 heterocycles. The first-order chi connectivity index (χ1) is 17.3. The second-order valence-electron chi connectivity index (χ2n) is 9.17. The summed E-state index contributed by atoms with van der Waals surface area (Å²) in [6, 6.07) is 8.31. The maximum Gasteiger partial charge on any atom is 0.267 e. The molecule has 1 N–H and O–H groups in total. The molecule has 1 aromatic carbocycles. The Morgan fingerprint density at radius 3 is 2.56 bits per heavy atom. The fourth-order valence-electron chi connectivity index (χ4n) is 3.94. The van der Waals surface area contributed by atoms with Crippen LogP contribution in [-0.4, -0.2) is 39.6 Å². The Labute approximate surface area is 210 Å². The van der Waals surface area contributed by atoms with Crippen LogP contribution in [0, 0.1) is 24.0 Å². The number of anilines is 2. The van der Waals surface area contributed by atoms with Crippen LogP contribution >= 0.6 is 0 Å². The number of nitrogens with zero attached hydrogens (tertiary/aromatic N) is 4. The molecule has 1 aliphatic rings. The number of amides is 1. The van der Waals surface area contributed by atoms with Gasteiger partial charge in [0.15, 0.2) is 5.75 Å². The van der Waals surface area contributed by atoms with Crippen LogP contribution < -0.4 is 20.5 Å². The van der Waals surface area contributed by atoms with E-state index in [1.807, 2.05) is 12.4 Å². The molecule has 1 saturated heterocycles. The highest BCUT2D eigenvalue weighted by Crippen LogP contribution is 2.21. The number of carbonyl (C=O) groups excluding carboxylic acids is 1. The van der Waals surface area contributed by atoms with Crippen LogP contribution in [0.2, 0.25) is 0 Å². The molecule has 1 fully saturated rings. The van der Waals surface area contributed by atoms with Crippen molar-refractivity contribution in [3.8, 4) is 11.4 Å². The summed E-state index contributed by atoms with van der Waals surface area (Å²) in [7, 11) is 0. The van der Waals surface area contributed by atoms with E-state index in [9.17, 15) is 14.0 Å². The first kappa shape index (κ1) is 25.2. The molecule has 8 nitrogen and oxygen atoms in total. The van der Waals surface area contributed by atoms with Crippen molar-refractivity contribution in [2.75, 3.05) is 23.3 Å². The highest BCUT2D eigenvalue weighted by Gasteiger charge is 2.22. The van der Waals surface area contributed by atoms with Crippen LogP contribution in [0.1, 0.15) is 45.6 Å². The molecule has 0 spiro atoms. The van der Waals surface area contributed by atoms with Gasteiger partial charge in [-0.2, -0.15) is 0 Å². The summed E-state index contributed by atoms with van der Waals surface area (Å²) in [5.41, 5.74) is 1.06. The highest BCUT2D eigenvalue weighted by atomic mass is 19.1. The Balaban J connectivity index is 1.36. The third kappa shape index (κ3) is 6.00. The summed E-state index contributed by atoms with van der Waals surface area (Å²) in [6.45, 7) is 7.07. The molecule has 3 aromatic rings. The molecule has 1 aliphatic heterocycles. The Morgan fingerprint density at radius 2 is 1.94 bits per heavy atom. The monoisotopic (exact) mass is 491 g/mol. The Bertz CT molecular complexity index is 1250. The maximum atomic E-state index is 14.5. The van der Waals surface area contributed by atoms with Gasteiger partial charge in [0, 0.05) is 56.5 Å². The van der Waals surface area contributed by atoms with Crippen molar-refractivity contribution >= 4 is 17.5 Å². The molecule has 4 rings (SSSR count). The van der Waals surface area contributed by atoms with Gasteiger partial charge in [0.05, 0.1) is 17.4 Å². The van der Waals surface area contributed by atoms with Gasteiger partial charge < -0.3 is 15.0 Å². The molecule has 0 radical (unpaired) electrons. The third-order valence-corrected chi connectivity index (χ3v) is 6.01. The number of rotatable bonds is 8. The first-order valence-electron chi connectivity index (χ1n) is 12.2. The summed E-state index contributed by atoms with van der Waals surface area (Å²) < 4.78 is 21.6. The topological polar surface area (TPSA) is 89.4 Å². The van der Waals surface area contributed by atoms with Crippen LogP contribution in [0.25, 0.3) is 5.69 Å². The maximum absolute atomic E-state index is 14.5. The fourth-order valence-corrected chi connectivity index (χ4v) is 3.94. The Kier molecular flexibility index (Phi) is 7.84. The zero-order valence-electron chi connectivity index (χ0n) is 20.8. The van der Waals surface area contributed by atoms with Gasteiger partial charge in [-0.1, -0.05) is 27.2 Å². The van der Waals surface area contributed by atoms with Gasteiger partial charge in [0.25, 0.3) is 5.56 Å². The molecule has 1 amide bonds. The summed E-state index contributed by atoms with van der Waals surface area (Å²) >= 11 is 0. The van der Waals surface area contributed by atoms with Crippen LogP contribution in [0.15, 0.2) is 41.5 Å². The van der Waals surface area contributed by atoms with Gasteiger partial charge in [-0.15, -0.1) is 0 Å². The number of ether oxygens (including phenoxy) is 1. The minimum atomic E-state index is -0.641. The third-order valence-electron chi connectivity index (χ3n) is 6.01. The van der Waals surface area contributed by atoms with Gasteiger partial charge >= 0.3 is 0 Å². The lowest BCUT2D eigenvalue weighted by Crippen LogP contribution is -2.39. The Morgan fingerprint density at radius 1 is 1.22 bits per heavy atom. The lowest BCUT2D eigenvalue weighted by molar-refractivity contribution is -0.118. The highest BCUT2D eigenvalue weighted by molar-refractivity contribution is 5.92. The van der Waals surface area contributed by atoms with Crippen molar-refractivity contribution < 1.29 is 13.9 Å². The number of hydrogen-bond acceptors (Lipinski definition) is 6. The molecule has 0 aliphatic carbocycles. The van der Waals surface area contributed by atoms with Crippen molar-refractivity contribution in [2.24, 2.45) is 5.92 Å². The van der Waals surface area contributed by atoms with Crippen LogP contribution in [0.5, 0.6) is 5.75 Å². The summed E-state index contributed by atoms with van der Waals surface area (Å²) in [6.07, 6.45) is 9.98. The minimum absolute atomic E-state index is 0.0584. The number of hydrogen-bond donors (Lipinski definition) is 1. The van der Waals surface area contributed by atoms with E-state index in [2.05, 4.69) is 39.4 Å². The number of halogens is 1. The van der Waals surface area contributed by atoms with E-state index in [-0.39, 0.29) is 29.3 Å². The van der Waals surface area contributed by atoms with E-state index in [4.69, 9.17) is 4.74 Å². The molecular formula is C27H30FN5O3. The Hall–Kier alpha value is -3.93. The zero-order valence-corrected chi connectivity index (χ0v) is 20.8. The number of piperidine rings is 1. The van der Waals surface area contributed by atoms with Gasteiger partial charge in [0.1, 0.15) is 11.9 Å². The average molecular weight is 492 g/mol. The molecule has 0 saturated carbocycles. The molecular weight excluding hydrogens is 461 g/mol. The van der Waals surface area contributed by atoms with Crippen LogP contribution in [0.4, 0.5) is 16.0 Å². The summed E-state index contributed by atoms with van der Waals surface area (Å²) in [5, 5.41) is 2.53. The smallest absolute Gasteiger partial charge is 0.267 e. The minimum Gasteiger partial charge on any atom is -0.482 e. The second kappa shape index (κ2) is 11.2. The van der Waals surface area contributed by atoms with Crippen molar-refractivity contribution in [1.29, 1.82) is 0 Å². The van der Waals surface area contributed by atoms with Gasteiger partial charge in [-0.05, 0) is 30.2 Å². The fraction of sp³-hybridized carbons (Fsp3) is 0.407. The molecule has 188 valence electrons. The zero-order chi connectivity index (χ0) is 25.7. The predicted octanol–water partition coefficient (Wildman–Crippen LogP) is 3.96. The van der Waals surface area contributed by atoms with E-state index in [1.54, 1.807) is 13.8 Å². The largest absolute Gasteiger partial charge is 0.482 e. The standard InChI is InChI=1S/C27H30FN5O3/c1-4-5-19-16-29-27(30-17-19)32-11-8-21(9-12-32)36-22-10-13-33(25(34)15-22)20-6-7-24(23(28)14-20)31-26(35)18(2)3/h6-7,14-18,21H,4-5,8-9,11-12H2,1-3H3,(H,31,35). The van der Waals surface area contributed by atoms with Crippen molar-refractivity contribution in [1.82, 2.24) is 14.5 Å². The number of aromatic nitrogens is 3. The number of benzene rings is 1. The summed E-state index contributed by atoms with van der Waals surface area (Å²) in [5.74, 6) is -0.185. The SMILES string of the molecule is CCCc1cnc(N2CCC(Oc3c#cn(-c4ccc(NC(=O)C(C)C)c(F)c4)c(=O)c3)CC2)nc1. The molecule has 2 aromatic heterocycles. The molecule has 0 unspecified atom stereocenters. The van der Waals surface area contributed by atoms with Gasteiger partial charge in [-0.3, -0.25) is 9.59 Å². The molecule has 0 atom stereocenters. The average Bonchev–Trinajstić information content (AvgIpc) is 2.86. The molecule has 9 heteroatoms. The normalized spacial score (nSPS) is 14.0. The second-order valence-corrected chi connectivity index (χ2v) is 9.17. The van der Waals surface area contributed by atoms with E-state index in [0.717, 1.165) is 54.9 Å². The van der Waals surface area contributed by atoms with Crippen molar-refractivity contribution in [3.63, 3.8) is 0 Å². The molecule has 36 heavy (non-hydrogen) atoms. The van der Waals surface area contributed by atoms with E-state index >= 15 is 0 Å². The predicted molar refractivity (Wildman–Crippen MR) is 135 cm³/mol. The first-order valence-corrected chi connectivity index (χ1v) is 12.2. The van der Waals surface area contributed by atoms with Gasteiger partial charge in [0.2, 0.25) is 11.9 Å². The molecule has 0 bridgehead atoms.